The van der Waals surface area contributed by atoms with E-state index in [0.717, 1.165) is 25.9 Å². The Kier molecular flexibility index (Phi) is 4.55. The molecule has 2 atom stereocenters. The number of amides is 2. The van der Waals surface area contributed by atoms with Crippen molar-refractivity contribution in [2.75, 3.05) is 24.6 Å². The van der Waals surface area contributed by atoms with Gasteiger partial charge in [-0.05, 0) is 38.1 Å². The quantitative estimate of drug-likeness (QED) is 0.729. The van der Waals surface area contributed by atoms with Gasteiger partial charge in [-0.15, -0.1) is 0 Å². The zero-order chi connectivity index (χ0) is 17.3. The first-order valence-corrected chi connectivity index (χ1v) is 9.69. The molecule has 2 amide bonds. The normalized spacial score (nSPS) is 26.3. The van der Waals surface area contributed by atoms with E-state index in [1.54, 1.807) is 0 Å². The van der Waals surface area contributed by atoms with Gasteiger partial charge < -0.3 is 11.1 Å². The van der Waals surface area contributed by atoms with Crippen molar-refractivity contribution in [3.63, 3.8) is 0 Å². The summed E-state index contributed by atoms with van der Waals surface area (Å²) in [6, 6.07) is 2.20. The smallest absolute Gasteiger partial charge is 0.270 e. The summed E-state index contributed by atoms with van der Waals surface area (Å²) in [4.78, 5) is 29.4. The standard InChI is InChI=1S/C15H20N4O4S/c16-14(20)10-3-4-11(17-7-10)15(21)18-12-8-24(22,23)9-13(12)19-5-1-2-6-19/h3-4,7,12-13H,1-2,5-6,8-9H2,(H2,16,20)(H,18,21)/t12-,13+/m1/s1. The molecule has 0 aromatic carbocycles. The number of hydrogen-bond acceptors (Lipinski definition) is 6. The highest BCUT2D eigenvalue weighted by atomic mass is 32.2. The molecule has 0 unspecified atom stereocenters. The highest BCUT2D eigenvalue weighted by Crippen LogP contribution is 2.22. The molecule has 2 aliphatic heterocycles. The lowest BCUT2D eigenvalue weighted by Crippen LogP contribution is -2.50. The maximum Gasteiger partial charge on any atom is 0.270 e. The van der Waals surface area contributed by atoms with Crippen molar-refractivity contribution in [1.29, 1.82) is 0 Å². The van der Waals surface area contributed by atoms with Gasteiger partial charge in [0.15, 0.2) is 9.84 Å². The molecule has 3 N–H and O–H groups in total. The Hall–Kier alpha value is -2.00. The van der Waals surface area contributed by atoms with Crippen molar-refractivity contribution in [3.05, 3.63) is 29.6 Å². The van der Waals surface area contributed by atoms with Gasteiger partial charge in [-0.1, -0.05) is 0 Å². The van der Waals surface area contributed by atoms with Crippen LogP contribution in [0.25, 0.3) is 0 Å². The molecule has 24 heavy (non-hydrogen) atoms. The van der Waals surface area contributed by atoms with Crippen LogP contribution in [-0.4, -0.2) is 66.8 Å². The van der Waals surface area contributed by atoms with Crippen LogP contribution in [0, 0.1) is 0 Å². The Morgan fingerprint density at radius 3 is 2.50 bits per heavy atom. The van der Waals surface area contributed by atoms with E-state index >= 15 is 0 Å². The molecule has 2 fully saturated rings. The summed E-state index contributed by atoms with van der Waals surface area (Å²) in [6.45, 7) is 1.72. The van der Waals surface area contributed by atoms with Gasteiger partial charge in [-0.25, -0.2) is 8.42 Å². The largest absolute Gasteiger partial charge is 0.366 e. The van der Waals surface area contributed by atoms with E-state index < -0.39 is 27.7 Å². The van der Waals surface area contributed by atoms with Crippen molar-refractivity contribution in [2.24, 2.45) is 5.73 Å². The highest BCUT2D eigenvalue weighted by Gasteiger charge is 2.42. The number of carbonyl (C=O) groups excluding carboxylic acids is 2. The number of hydrogen-bond donors (Lipinski definition) is 2. The van der Waals surface area contributed by atoms with Gasteiger partial charge in [0.2, 0.25) is 5.91 Å². The van der Waals surface area contributed by atoms with Crippen LogP contribution in [0.2, 0.25) is 0 Å². The van der Waals surface area contributed by atoms with Crippen LogP contribution in [0.1, 0.15) is 33.7 Å². The molecule has 3 rings (SSSR count). The third-order valence-corrected chi connectivity index (χ3v) is 6.25. The van der Waals surface area contributed by atoms with Crippen LogP contribution in [0.3, 0.4) is 0 Å². The lowest BCUT2D eigenvalue weighted by atomic mass is 10.1. The van der Waals surface area contributed by atoms with Gasteiger partial charge >= 0.3 is 0 Å². The number of nitrogens with two attached hydrogens (primary N) is 1. The zero-order valence-corrected chi connectivity index (χ0v) is 14.0. The Labute approximate surface area is 140 Å². The molecule has 2 saturated heterocycles. The molecule has 1 aromatic heterocycles. The number of nitrogens with zero attached hydrogens (tertiary/aromatic N) is 2. The first-order valence-electron chi connectivity index (χ1n) is 7.87. The van der Waals surface area contributed by atoms with E-state index in [2.05, 4.69) is 15.2 Å². The first kappa shape index (κ1) is 16.8. The fourth-order valence-corrected chi connectivity index (χ4v) is 5.27. The van der Waals surface area contributed by atoms with Crippen molar-refractivity contribution >= 4 is 21.7 Å². The van der Waals surface area contributed by atoms with E-state index in [1.165, 1.54) is 18.3 Å². The monoisotopic (exact) mass is 352 g/mol. The van der Waals surface area contributed by atoms with E-state index in [1.807, 2.05) is 0 Å². The molecule has 1 aromatic rings. The predicted octanol–water partition coefficient (Wildman–Crippen LogP) is -0.828. The number of aromatic nitrogens is 1. The molecule has 2 aliphatic rings. The molecule has 0 spiro atoms. The summed E-state index contributed by atoms with van der Waals surface area (Å²) in [5.74, 6) is -1.05. The Bertz CT molecular complexity index is 741. The summed E-state index contributed by atoms with van der Waals surface area (Å²) in [5, 5.41) is 2.79. The fraction of sp³-hybridized carbons (Fsp3) is 0.533. The number of primary amides is 1. The second-order valence-electron chi connectivity index (χ2n) is 6.26. The molecule has 8 nitrogen and oxygen atoms in total. The summed E-state index contributed by atoms with van der Waals surface area (Å²) < 4.78 is 24.0. The molecule has 0 bridgehead atoms. The second-order valence-corrected chi connectivity index (χ2v) is 8.42. The highest BCUT2D eigenvalue weighted by molar-refractivity contribution is 7.91. The van der Waals surface area contributed by atoms with E-state index in [-0.39, 0.29) is 28.8 Å². The molecule has 0 radical (unpaired) electrons. The Morgan fingerprint density at radius 2 is 1.92 bits per heavy atom. The zero-order valence-electron chi connectivity index (χ0n) is 13.1. The summed E-state index contributed by atoms with van der Waals surface area (Å²) >= 11 is 0. The molecule has 9 heteroatoms. The van der Waals surface area contributed by atoms with E-state index in [9.17, 15) is 18.0 Å². The van der Waals surface area contributed by atoms with E-state index in [4.69, 9.17) is 5.73 Å². The number of nitrogens with one attached hydrogen (secondary N) is 1. The van der Waals surface area contributed by atoms with Crippen molar-refractivity contribution in [3.8, 4) is 0 Å². The van der Waals surface area contributed by atoms with Gasteiger partial charge in [0.25, 0.3) is 5.91 Å². The molecule has 0 aliphatic carbocycles. The summed E-state index contributed by atoms with van der Waals surface area (Å²) in [6.07, 6.45) is 3.33. The topological polar surface area (TPSA) is 122 Å². The minimum atomic E-state index is -3.17. The van der Waals surface area contributed by atoms with Crippen LogP contribution >= 0.6 is 0 Å². The fourth-order valence-electron chi connectivity index (χ4n) is 3.32. The van der Waals surface area contributed by atoms with Gasteiger partial charge in [-0.2, -0.15) is 0 Å². The number of rotatable bonds is 4. The van der Waals surface area contributed by atoms with Crippen LogP contribution in [-0.2, 0) is 9.84 Å². The van der Waals surface area contributed by atoms with Crippen molar-refractivity contribution in [1.82, 2.24) is 15.2 Å². The molecule has 130 valence electrons. The Balaban J connectivity index is 1.72. The van der Waals surface area contributed by atoms with Crippen molar-refractivity contribution < 1.29 is 18.0 Å². The molecule has 0 saturated carbocycles. The van der Waals surface area contributed by atoms with Gasteiger partial charge in [-0.3, -0.25) is 19.5 Å². The minimum Gasteiger partial charge on any atom is -0.366 e. The van der Waals surface area contributed by atoms with Crippen LogP contribution in [0.5, 0.6) is 0 Å². The second kappa shape index (κ2) is 6.48. The third-order valence-electron chi connectivity index (χ3n) is 4.53. The average Bonchev–Trinajstić information content (AvgIpc) is 3.14. The molecular formula is C15H20N4O4S. The number of pyridine rings is 1. The summed E-state index contributed by atoms with van der Waals surface area (Å²) in [7, 11) is -3.17. The SMILES string of the molecule is NC(=O)c1ccc(C(=O)N[C@@H]2CS(=O)(=O)C[C@@H]2N2CCCC2)nc1. The molecule has 3 heterocycles. The van der Waals surface area contributed by atoms with Crippen molar-refractivity contribution in [2.45, 2.75) is 24.9 Å². The van der Waals surface area contributed by atoms with Gasteiger partial charge in [0.1, 0.15) is 5.69 Å². The maximum absolute atomic E-state index is 12.4. The lowest BCUT2D eigenvalue weighted by Gasteiger charge is -2.28. The average molecular weight is 352 g/mol. The lowest BCUT2D eigenvalue weighted by molar-refractivity contribution is 0.0911. The number of sulfone groups is 1. The molecular weight excluding hydrogens is 332 g/mol. The van der Waals surface area contributed by atoms with Crippen LogP contribution < -0.4 is 11.1 Å². The maximum atomic E-state index is 12.4. The summed E-state index contributed by atoms with van der Waals surface area (Å²) in [5.41, 5.74) is 5.48. The Morgan fingerprint density at radius 1 is 1.21 bits per heavy atom. The number of carbonyl (C=O) groups is 2. The minimum absolute atomic E-state index is 0.0563. The van der Waals surface area contributed by atoms with E-state index in [0.29, 0.717) is 0 Å². The van der Waals surface area contributed by atoms with Gasteiger partial charge in [0.05, 0.1) is 23.1 Å². The predicted molar refractivity (Wildman–Crippen MR) is 87.3 cm³/mol. The van der Waals surface area contributed by atoms with Gasteiger partial charge in [0, 0.05) is 12.2 Å². The third kappa shape index (κ3) is 3.57. The number of likely N-dealkylation sites (tertiary alicyclic amines) is 1. The first-order chi connectivity index (χ1) is 11.4. The van der Waals surface area contributed by atoms with Crippen LogP contribution in [0.15, 0.2) is 18.3 Å². The van der Waals surface area contributed by atoms with Crippen LogP contribution in [0.4, 0.5) is 0 Å².